The standard InChI is InChI=1S/C23H23FN2O3/c1-28-21-12-6-17(7-13-21)14-25-15-18-4-2-3-5-22(18)29-16-23(27)26-20-10-8-19(24)9-11-20/h2-13,25H,14-16H2,1H3,(H,26,27). The van der Waals surface area contributed by atoms with Crippen LogP contribution in [-0.2, 0) is 17.9 Å². The molecule has 150 valence electrons. The van der Waals surface area contributed by atoms with Crippen molar-refractivity contribution in [2.75, 3.05) is 19.0 Å². The number of rotatable bonds is 9. The first-order valence-electron chi connectivity index (χ1n) is 9.24. The fourth-order valence-electron chi connectivity index (χ4n) is 2.75. The number of hydrogen-bond acceptors (Lipinski definition) is 4. The van der Waals surface area contributed by atoms with Gasteiger partial charge in [0.25, 0.3) is 5.91 Å². The van der Waals surface area contributed by atoms with Crippen LogP contribution in [0.3, 0.4) is 0 Å². The van der Waals surface area contributed by atoms with Gasteiger partial charge >= 0.3 is 0 Å². The van der Waals surface area contributed by atoms with Crippen LogP contribution in [0.4, 0.5) is 10.1 Å². The summed E-state index contributed by atoms with van der Waals surface area (Å²) in [6.07, 6.45) is 0. The maximum Gasteiger partial charge on any atom is 0.262 e. The molecule has 0 atom stereocenters. The maximum absolute atomic E-state index is 12.9. The Kier molecular flexibility index (Phi) is 7.19. The number of hydrogen-bond donors (Lipinski definition) is 2. The van der Waals surface area contributed by atoms with Gasteiger partial charge in [0.15, 0.2) is 6.61 Å². The van der Waals surface area contributed by atoms with E-state index in [2.05, 4.69) is 10.6 Å². The minimum atomic E-state index is -0.352. The van der Waals surface area contributed by atoms with Crippen LogP contribution in [0.5, 0.6) is 11.5 Å². The Hall–Kier alpha value is -3.38. The molecule has 0 radical (unpaired) electrons. The van der Waals surface area contributed by atoms with Gasteiger partial charge in [-0.1, -0.05) is 30.3 Å². The minimum absolute atomic E-state index is 0.132. The predicted octanol–water partition coefficient (Wildman–Crippen LogP) is 4.14. The molecule has 0 heterocycles. The van der Waals surface area contributed by atoms with Crippen LogP contribution in [-0.4, -0.2) is 19.6 Å². The van der Waals surface area contributed by atoms with Crippen molar-refractivity contribution in [3.63, 3.8) is 0 Å². The van der Waals surface area contributed by atoms with Gasteiger partial charge in [-0.3, -0.25) is 4.79 Å². The summed E-state index contributed by atoms with van der Waals surface area (Å²) >= 11 is 0. The van der Waals surface area contributed by atoms with Crippen LogP contribution >= 0.6 is 0 Å². The Bertz CT molecular complexity index is 928. The van der Waals surface area contributed by atoms with Crippen LogP contribution < -0.4 is 20.1 Å². The number of nitrogens with one attached hydrogen (secondary N) is 2. The first kappa shape index (κ1) is 20.4. The van der Waals surface area contributed by atoms with Crippen LogP contribution in [0.25, 0.3) is 0 Å². The molecule has 0 aromatic heterocycles. The largest absolute Gasteiger partial charge is 0.497 e. The van der Waals surface area contributed by atoms with E-state index in [0.717, 1.165) is 16.9 Å². The van der Waals surface area contributed by atoms with Crippen molar-refractivity contribution in [1.29, 1.82) is 0 Å². The number of carbonyl (C=O) groups is 1. The lowest BCUT2D eigenvalue weighted by Gasteiger charge is -2.12. The van der Waals surface area contributed by atoms with Gasteiger partial charge in [-0.05, 0) is 48.0 Å². The maximum atomic E-state index is 12.9. The van der Waals surface area contributed by atoms with Crippen molar-refractivity contribution in [3.8, 4) is 11.5 Å². The van der Waals surface area contributed by atoms with E-state index in [4.69, 9.17) is 9.47 Å². The predicted molar refractivity (Wildman–Crippen MR) is 111 cm³/mol. The molecule has 0 saturated heterocycles. The number of ether oxygens (including phenoxy) is 2. The Labute approximate surface area is 169 Å². The molecular weight excluding hydrogens is 371 g/mol. The molecule has 1 amide bonds. The van der Waals surface area contributed by atoms with E-state index in [9.17, 15) is 9.18 Å². The second-order valence-corrected chi connectivity index (χ2v) is 6.40. The Balaban J connectivity index is 1.50. The molecule has 6 heteroatoms. The summed E-state index contributed by atoms with van der Waals surface area (Å²) in [4.78, 5) is 12.1. The van der Waals surface area contributed by atoms with Gasteiger partial charge < -0.3 is 20.1 Å². The second kappa shape index (κ2) is 10.2. The van der Waals surface area contributed by atoms with Gasteiger partial charge in [-0.25, -0.2) is 4.39 Å². The van der Waals surface area contributed by atoms with Gasteiger partial charge in [0.1, 0.15) is 17.3 Å². The molecule has 3 rings (SSSR count). The van der Waals surface area contributed by atoms with Crippen molar-refractivity contribution in [3.05, 3.63) is 89.7 Å². The van der Waals surface area contributed by atoms with Crippen LogP contribution in [0.15, 0.2) is 72.8 Å². The highest BCUT2D eigenvalue weighted by Crippen LogP contribution is 2.18. The SMILES string of the molecule is COc1ccc(CNCc2ccccc2OCC(=O)Nc2ccc(F)cc2)cc1. The topological polar surface area (TPSA) is 59.6 Å². The number of amides is 1. The lowest BCUT2D eigenvalue weighted by atomic mass is 10.2. The fraction of sp³-hybridized carbons (Fsp3) is 0.174. The highest BCUT2D eigenvalue weighted by atomic mass is 19.1. The van der Waals surface area contributed by atoms with E-state index in [1.807, 2.05) is 48.5 Å². The highest BCUT2D eigenvalue weighted by molar-refractivity contribution is 5.91. The molecule has 5 nitrogen and oxygen atoms in total. The summed E-state index contributed by atoms with van der Waals surface area (Å²) < 4.78 is 23.8. The van der Waals surface area contributed by atoms with E-state index >= 15 is 0 Å². The van der Waals surface area contributed by atoms with Crippen molar-refractivity contribution in [2.45, 2.75) is 13.1 Å². The van der Waals surface area contributed by atoms with Gasteiger partial charge in [0, 0.05) is 24.3 Å². The number of halogens is 1. The fourth-order valence-corrected chi connectivity index (χ4v) is 2.75. The zero-order valence-corrected chi connectivity index (χ0v) is 16.2. The minimum Gasteiger partial charge on any atom is -0.497 e. The number of para-hydroxylation sites is 1. The normalized spacial score (nSPS) is 10.4. The van der Waals surface area contributed by atoms with E-state index < -0.39 is 0 Å². The smallest absolute Gasteiger partial charge is 0.262 e. The van der Waals surface area contributed by atoms with Crippen LogP contribution in [0.2, 0.25) is 0 Å². The number of carbonyl (C=O) groups excluding carboxylic acids is 1. The summed E-state index contributed by atoms with van der Waals surface area (Å²) in [7, 11) is 1.64. The number of anilines is 1. The summed E-state index contributed by atoms with van der Waals surface area (Å²) in [6.45, 7) is 1.16. The molecule has 0 aliphatic heterocycles. The van der Waals surface area contributed by atoms with E-state index in [1.165, 1.54) is 24.3 Å². The summed E-state index contributed by atoms with van der Waals surface area (Å²) in [5.41, 5.74) is 2.62. The Morgan fingerprint density at radius 1 is 0.931 bits per heavy atom. The number of methoxy groups -OCH3 is 1. The summed E-state index contributed by atoms with van der Waals surface area (Å²) in [6, 6.07) is 21.0. The van der Waals surface area contributed by atoms with Gasteiger partial charge in [0.05, 0.1) is 7.11 Å². The van der Waals surface area contributed by atoms with Gasteiger partial charge in [0.2, 0.25) is 0 Å². The molecule has 0 aliphatic carbocycles. The lowest BCUT2D eigenvalue weighted by molar-refractivity contribution is -0.118. The van der Waals surface area contributed by atoms with Crippen molar-refractivity contribution < 1.29 is 18.7 Å². The molecule has 3 aromatic carbocycles. The average molecular weight is 394 g/mol. The molecule has 0 fully saturated rings. The molecule has 0 unspecified atom stereocenters. The van der Waals surface area contributed by atoms with Gasteiger partial charge in [-0.2, -0.15) is 0 Å². The van der Waals surface area contributed by atoms with Gasteiger partial charge in [-0.15, -0.1) is 0 Å². The molecule has 29 heavy (non-hydrogen) atoms. The molecule has 2 N–H and O–H groups in total. The average Bonchev–Trinajstić information content (AvgIpc) is 2.75. The molecule has 0 aliphatic rings. The van der Waals surface area contributed by atoms with E-state index in [0.29, 0.717) is 24.5 Å². The molecular formula is C23H23FN2O3. The Morgan fingerprint density at radius 2 is 1.66 bits per heavy atom. The third kappa shape index (κ3) is 6.33. The van der Waals surface area contributed by atoms with Crippen molar-refractivity contribution in [2.24, 2.45) is 0 Å². The zero-order chi connectivity index (χ0) is 20.5. The molecule has 3 aromatic rings. The third-order valence-electron chi connectivity index (χ3n) is 4.26. The molecule has 0 saturated carbocycles. The second-order valence-electron chi connectivity index (χ2n) is 6.40. The first-order chi connectivity index (χ1) is 14.1. The van der Waals surface area contributed by atoms with Crippen LogP contribution in [0.1, 0.15) is 11.1 Å². The van der Waals surface area contributed by atoms with Crippen LogP contribution in [0, 0.1) is 5.82 Å². The number of benzene rings is 3. The molecule has 0 bridgehead atoms. The third-order valence-corrected chi connectivity index (χ3v) is 4.26. The Morgan fingerprint density at radius 3 is 2.38 bits per heavy atom. The van der Waals surface area contributed by atoms with E-state index in [-0.39, 0.29) is 18.3 Å². The van der Waals surface area contributed by atoms with E-state index in [1.54, 1.807) is 7.11 Å². The quantitative estimate of drug-likeness (QED) is 0.573. The molecule has 0 spiro atoms. The lowest BCUT2D eigenvalue weighted by Crippen LogP contribution is -2.21. The zero-order valence-electron chi connectivity index (χ0n) is 16.2. The first-order valence-corrected chi connectivity index (χ1v) is 9.24. The van der Waals surface area contributed by atoms with Crippen molar-refractivity contribution in [1.82, 2.24) is 5.32 Å². The monoisotopic (exact) mass is 394 g/mol. The summed E-state index contributed by atoms with van der Waals surface area (Å²) in [5.74, 6) is 0.809. The summed E-state index contributed by atoms with van der Waals surface area (Å²) in [5, 5.41) is 6.05. The van der Waals surface area contributed by atoms with Crippen molar-refractivity contribution >= 4 is 11.6 Å². The highest BCUT2D eigenvalue weighted by Gasteiger charge is 2.07.